The van der Waals surface area contributed by atoms with Crippen molar-refractivity contribution in [3.8, 4) is 12.3 Å². The van der Waals surface area contributed by atoms with E-state index in [1.165, 1.54) is 0 Å². The minimum absolute atomic E-state index is 0.0124. The molecule has 1 heterocycles. The van der Waals surface area contributed by atoms with Gasteiger partial charge in [0.25, 0.3) is 0 Å². The van der Waals surface area contributed by atoms with E-state index in [9.17, 15) is 4.79 Å². The van der Waals surface area contributed by atoms with E-state index in [0.717, 1.165) is 18.6 Å². The van der Waals surface area contributed by atoms with E-state index < -0.39 is 5.60 Å². The second-order valence-electron chi connectivity index (χ2n) is 5.93. The topological polar surface area (TPSA) is 47.9 Å². The van der Waals surface area contributed by atoms with Crippen molar-refractivity contribution >= 4 is 11.7 Å². The maximum atomic E-state index is 12.2. The minimum atomic E-state index is -0.917. The molecule has 18 heavy (non-hydrogen) atoms. The number of ether oxygens (including phenoxy) is 1. The van der Waals surface area contributed by atoms with E-state index >= 15 is 0 Å². The molecule has 1 saturated carbocycles. The first-order valence-corrected chi connectivity index (χ1v) is 6.29. The molecule has 0 saturated heterocycles. The molecule has 0 aromatic rings. The Bertz CT molecular complexity index is 427. The average Bonchev–Trinajstić information content (AvgIpc) is 2.82. The lowest BCUT2D eigenvalue weighted by Crippen LogP contribution is -2.45. The Labute approximate surface area is 108 Å². The van der Waals surface area contributed by atoms with E-state index in [2.05, 4.69) is 31.8 Å². The zero-order valence-corrected chi connectivity index (χ0v) is 11.2. The molecular weight excluding hydrogens is 230 g/mol. The Morgan fingerprint density at radius 2 is 2.39 bits per heavy atom. The molecule has 1 aliphatic carbocycles. The maximum absolute atomic E-state index is 12.2. The number of carbonyl (C=O) groups is 1. The average molecular weight is 249 g/mol. The number of rotatable bonds is 2. The van der Waals surface area contributed by atoms with Crippen LogP contribution < -0.4 is 0 Å². The molecule has 1 fully saturated rings. The molecule has 0 amide bonds. The number of nitrogens with zero attached hydrogens (tertiary/aromatic N) is 1. The molecule has 0 N–H and O–H groups in total. The Hall–Kier alpha value is -1.50. The lowest BCUT2D eigenvalue weighted by molar-refractivity contribution is -0.170. The molecule has 0 spiro atoms. The van der Waals surface area contributed by atoms with Crippen LogP contribution in [0.25, 0.3) is 0 Å². The summed E-state index contributed by atoms with van der Waals surface area (Å²) < 4.78 is 5.07. The van der Waals surface area contributed by atoms with Gasteiger partial charge in [0.1, 0.15) is 0 Å². The summed E-state index contributed by atoms with van der Waals surface area (Å²) in [4.78, 5) is 17.7. The molecule has 4 heteroatoms. The fourth-order valence-electron chi connectivity index (χ4n) is 2.81. The fourth-order valence-corrected chi connectivity index (χ4v) is 2.81. The van der Waals surface area contributed by atoms with Crippen LogP contribution in [-0.4, -0.2) is 23.9 Å². The van der Waals surface area contributed by atoms with Gasteiger partial charge >= 0.3 is 5.97 Å². The summed E-state index contributed by atoms with van der Waals surface area (Å²) in [6.45, 7) is 6.23. The van der Waals surface area contributed by atoms with Crippen molar-refractivity contribution in [2.75, 3.05) is 6.61 Å². The monoisotopic (exact) mass is 249 g/mol. The van der Waals surface area contributed by atoms with Crippen molar-refractivity contribution < 1.29 is 14.4 Å². The van der Waals surface area contributed by atoms with Gasteiger partial charge in [-0.2, -0.15) is 0 Å². The molecule has 2 unspecified atom stereocenters. The number of terminal acetylenes is 1. The van der Waals surface area contributed by atoms with Gasteiger partial charge in [-0.15, -0.1) is 6.42 Å². The van der Waals surface area contributed by atoms with Crippen LogP contribution in [0.1, 0.15) is 40.0 Å². The first-order valence-electron chi connectivity index (χ1n) is 6.29. The van der Waals surface area contributed by atoms with Crippen molar-refractivity contribution in [3.05, 3.63) is 0 Å². The van der Waals surface area contributed by atoms with Crippen LogP contribution in [0.5, 0.6) is 0 Å². The molecule has 1 aliphatic heterocycles. The number of carbonyl (C=O) groups excluding carboxylic acids is 1. The third-order valence-electron chi connectivity index (χ3n) is 3.64. The molecule has 4 nitrogen and oxygen atoms in total. The van der Waals surface area contributed by atoms with Crippen molar-refractivity contribution in [1.29, 1.82) is 0 Å². The van der Waals surface area contributed by atoms with Crippen molar-refractivity contribution in [3.63, 3.8) is 0 Å². The smallest absolute Gasteiger partial charge is 0.355 e. The predicted octanol–water partition coefficient (Wildman–Crippen LogP) is 2.13. The second kappa shape index (κ2) is 4.31. The molecule has 0 aromatic heterocycles. The Morgan fingerprint density at radius 3 is 3.00 bits per heavy atom. The second-order valence-corrected chi connectivity index (χ2v) is 5.93. The summed E-state index contributed by atoms with van der Waals surface area (Å²) in [7, 11) is 0. The van der Waals surface area contributed by atoms with Gasteiger partial charge in [-0.1, -0.05) is 31.8 Å². The molecule has 2 aliphatic rings. The molecule has 98 valence electrons. The molecule has 0 radical (unpaired) electrons. The summed E-state index contributed by atoms with van der Waals surface area (Å²) in [5.41, 5.74) is -0.0551. The van der Waals surface area contributed by atoms with Crippen LogP contribution in [0.15, 0.2) is 5.16 Å². The summed E-state index contributed by atoms with van der Waals surface area (Å²) in [6.07, 6.45) is 7.63. The minimum Gasteiger partial charge on any atom is -0.449 e. The van der Waals surface area contributed by atoms with E-state index in [1.807, 2.05) is 0 Å². The normalized spacial score (nSPS) is 30.1. The maximum Gasteiger partial charge on any atom is 0.355 e. The van der Waals surface area contributed by atoms with Crippen molar-refractivity contribution in [1.82, 2.24) is 0 Å². The highest BCUT2D eigenvalue weighted by molar-refractivity contribution is 5.99. The Morgan fingerprint density at radius 1 is 1.67 bits per heavy atom. The highest BCUT2D eigenvalue weighted by Crippen LogP contribution is 2.48. The van der Waals surface area contributed by atoms with E-state index in [1.54, 1.807) is 0 Å². The highest BCUT2D eigenvalue weighted by atomic mass is 16.7. The molecule has 0 aromatic carbocycles. The molecule has 2 rings (SSSR count). The van der Waals surface area contributed by atoms with Gasteiger partial charge < -0.3 is 9.57 Å². The third kappa shape index (κ3) is 1.88. The Kier molecular flexibility index (Phi) is 3.10. The number of esters is 1. The van der Waals surface area contributed by atoms with Crippen molar-refractivity contribution in [2.24, 2.45) is 16.5 Å². The zero-order valence-electron chi connectivity index (χ0n) is 11.2. The molecular formula is C14H19NO3. The third-order valence-corrected chi connectivity index (χ3v) is 3.64. The van der Waals surface area contributed by atoms with Crippen LogP contribution in [0, 0.1) is 23.7 Å². The number of hydrogen-bond acceptors (Lipinski definition) is 4. The van der Waals surface area contributed by atoms with Gasteiger partial charge in [-0.25, -0.2) is 4.79 Å². The van der Waals surface area contributed by atoms with E-state index in [4.69, 9.17) is 16.0 Å². The fraction of sp³-hybridized carbons (Fsp3) is 0.714. The largest absolute Gasteiger partial charge is 0.449 e. The summed E-state index contributed by atoms with van der Waals surface area (Å²) in [5, 5.41) is 4.16. The van der Waals surface area contributed by atoms with Crippen LogP contribution in [0.3, 0.4) is 0 Å². The first kappa shape index (κ1) is 12.9. The summed E-state index contributed by atoms with van der Waals surface area (Å²) in [6, 6.07) is 0. The lowest BCUT2D eigenvalue weighted by atomic mass is 9.76. The van der Waals surface area contributed by atoms with Crippen LogP contribution >= 0.6 is 0 Å². The number of fused-ring (bicyclic) bond motifs is 1. The predicted molar refractivity (Wildman–Crippen MR) is 67.8 cm³/mol. The van der Waals surface area contributed by atoms with Crippen LogP contribution in [0.4, 0.5) is 0 Å². The van der Waals surface area contributed by atoms with Gasteiger partial charge in [0.2, 0.25) is 5.60 Å². The van der Waals surface area contributed by atoms with Gasteiger partial charge in [0, 0.05) is 11.8 Å². The van der Waals surface area contributed by atoms with Gasteiger partial charge in [-0.05, 0) is 12.8 Å². The number of hydrogen-bond donors (Lipinski definition) is 0. The SMILES string of the molecule is C#CCOC(=O)C12CCCC1C(C(C)(C)C)=NO2. The van der Waals surface area contributed by atoms with E-state index in [0.29, 0.717) is 6.42 Å². The van der Waals surface area contributed by atoms with Crippen molar-refractivity contribution in [2.45, 2.75) is 45.6 Å². The van der Waals surface area contributed by atoms with Gasteiger partial charge in [0.15, 0.2) is 6.61 Å². The van der Waals surface area contributed by atoms with Gasteiger partial charge in [-0.3, -0.25) is 0 Å². The highest BCUT2D eigenvalue weighted by Gasteiger charge is 2.60. The molecule has 0 bridgehead atoms. The van der Waals surface area contributed by atoms with Crippen LogP contribution in [-0.2, 0) is 14.4 Å². The van der Waals surface area contributed by atoms with E-state index in [-0.39, 0.29) is 23.9 Å². The zero-order chi connectivity index (χ0) is 13.4. The lowest BCUT2D eigenvalue weighted by Gasteiger charge is -2.27. The quantitative estimate of drug-likeness (QED) is 0.556. The standard InChI is InChI=1S/C14H19NO3/c1-5-9-17-12(16)14-8-6-7-10(14)11(15-18-14)13(2,3)4/h1,10H,6-9H2,2-4H3. The molecule has 2 atom stereocenters. The number of oxime groups is 1. The Balaban J connectivity index is 2.21. The first-order chi connectivity index (χ1) is 8.42. The summed E-state index contributed by atoms with van der Waals surface area (Å²) in [5.74, 6) is 1.96. The van der Waals surface area contributed by atoms with Gasteiger partial charge in [0.05, 0.1) is 11.6 Å². The summed E-state index contributed by atoms with van der Waals surface area (Å²) >= 11 is 0. The van der Waals surface area contributed by atoms with Crippen LogP contribution in [0.2, 0.25) is 0 Å².